The van der Waals surface area contributed by atoms with Crippen LogP contribution in [0.2, 0.25) is 0 Å². The van der Waals surface area contributed by atoms with Crippen LogP contribution in [-0.4, -0.2) is 30.6 Å². The summed E-state index contributed by atoms with van der Waals surface area (Å²) in [6, 6.07) is 6.20. The van der Waals surface area contributed by atoms with Gasteiger partial charge in [0.25, 0.3) is 0 Å². The average molecular weight is 354 g/mol. The van der Waals surface area contributed by atoms with E-state index in [4.69, 9.17) is 0 Å². The molecule has 0 bridgehead atoms. The molecule has 1 atom stereocenters. The number of anilines is 1. The Labute approximate surface area is 135 Å². The Balaban J connectivity index is 2.13. The van der Waals surface area contributed by atoms with E-state index in [1.165, 1.54) is 5.56 Å². The second kappa shape index (κ2) is 6.36. The number of rotatable bonds is 3. The number of piperazine rings is 1. The molecule has 4 nitrogen and oxygen atoms in total. The van der Waals surface area contributed by atoms with Crippen molar-refractivity contribution in [3.8, 4) is 0 Å². The lowest BCUT2D eigenvalue weighted by Gasteiger charge is -2.35. The van der Waals surface area contributed by atoms with Gasteiger partial charge in [-0.2, -0.15) is 0 Å². The van der Waals surface area contributed by atoms with E-state index < -0.39 is 0 Å². The molecule has 2 rings (SSSR count). The first-order valence-electron chi connectivity index (χ1n) is 7.36. The number of carbonyl (C=O) groups excluding carboxylic acids is 1. The summed E-state index contributed by atoms with van der Waals surface area (Å²) in [7, 11) is 0. The number of benzene rings is 1. The van der Waals surface area contributed by atoms with Crippen LogP contribution in [0.4, 0.5) is 5.69 Å². The average Bonchev–Trinajstić information content (AvgIpc) is 2.39. The summed E-state index contributed by atoms with van der Waals surface area (Å²) in [5.41, 5.74) is 2.41. The van der Waals surface area contributed by atoms with E-state index in [0.29, 0.717) is 6.54 Å². The number of carbonyl (C=O) groups is 1. The quantitative estimate of drug-likeness (QED) is 0.877. The molecule has 1 heterocycles. The lowest BCUT2D eigenvalue weighted by molar-refractivity contribution is -0.122. The van der Waals surface area contributed by atoms with E-state index in [0.717, 1.165) is 23.2 Å². The predicted molar refractivity (Wildman–Crippen MR) is 90.6 cm³/mol. The lowest BCUT2D eigenvalue weighted by atomic mass is 10.1. The zero-order chi connectivity index (χ0) is 15.6. The minimum Gasteiger partial charge on any atom is -0.358 e. The summed E-state index contributed by atoms with van der Waals surface area (Å²) in [4.78, 5) is 13.9. The number of hydrogen-bond donors (Lipinski definition) is 2. The molecule has 0 aliphatic carbocycles. The highest BCUT2D eigenvalue weighted by molar-refractivity contribution is 9.10. The lowest BCUT2D eigenvalue weighted by Crippen LogP contribution is -2.54. The van der Waals surface area contributed by atoms with E-state index >= 15 is 0 Å². The van der Waals surface area contributed by atoms with Crippen molar-refractivity contribution in [2.75, 3.05) is 18.0 Å². The minimum absolute atomic E-state index is 0.0934. The molecule has 116 valence electrons. The van der Waals surface area contributed by atoms with Gasteiger partial charge in [-0.25, -0.2) is 0 Å². The molecule has 1 unspecified atom stereocenters. The van der Waals surface area contributed by atoms with Crippen LogP contribution >= 0.6 is 15.9 Å². The molecule has 1 aromatic carbocycles. The Kier molecular flexibility index (Phi) is 4.94. The van der Waals surface area contributed by atoms with Crippen molar-refractivity contribution >= 4 is 27.5 Å². The van der Waals surface area contributed by atoms with Gasteiger partial charge in [-0.3, -0.25) is 4.79 Å². The summed E-state index contributed by atoms with van der Waals surface area (Å²) in [5.74, 6) is 0.0934. The van der Waals surface area contributed by atoms with Gasteiger partial charge in [-0.1, -0.05) is 22.0 Å². The van der Waals surface area contributed by atoms with Crippen LogP contribution < -0.4 is 15.5 Å². The fourth-order valence-electron chi connectivity index (χ4n) is 2.35. The number of halogens is 1. The molecule has 0 spiro atoms. The summed E-state index contributed by atoms with van der Waals surface area (Å²) in [6.07, 6.45) is 0. The Morgan fingerprint density at radius 3 is 2.76 bits per heavy atom. The molecule has 5 heteroatoms. The highest BCUT2D eigenvalue weighted by atomic mass is 79.9. The van der Waals surface area contributed by atoms with Gasteiger partial charge in [0.1, 0.15) is 6.04 Å². The van der Waals surface area contributed by atoms with Crippen LogP contribution in [0.3, 0.4) is 0 Å². The smallest absolute Gasteiger partial charge is 0.242 e. The van der Waals surface area contributed by atoms with Gasteiger partial charge < -0.3 is 15.5 Å². The van der Waals surface area contributed by atoms with Gasteiger partial charge >= 0.3 is 0 Å². The van der Waals surface area contributed by atoms with Gasteiger partial charge in [0.15, 0.2) is 0 Å². The van der Waals surface area contributed by atoms with Crippen molar-refractivity contribution in [3.63, 3.8) is 0 Å². The molecule has 1 aliphatic rings. The van der Waals surface area contributed by atoms with Gasteiger partial charge in [0.2, 0.25) is 5.91 Å². The molecular weight excluding hydrogens is 330 g/mol. The normalized spacial score (nSPS) is 19.6. The first kappa shape index (κ1) is 16.3. The minimum atomic E-state index is -0.121. The molecule has 1 saturated heterocycles. The van der Waals surface area contributed by atoms with Crippen molar-refractivity contribution < 1.29 is 4.79 Å². The first-order chi connectivity index (χ1) is 9.78. The molecule has 0 saturated carbocycles. The molecule has 21 heavy (non-hydrogen) atoms. The first-order valence-corrected chi connectivity index (χ1v) is 8.15. The van der Waals surface area contributed by atoms with Crippen LogP contribution in [0.1, 0.15) is 33.3 Å². The Morgan fingerprint density at radius 1 is 1.43 bits per heavy atom. The zero-order valence-corrected chi connectivity index (χ0v) is 14.8. The fraction of sp³-hybridized carbons (Fsp3) is 0.562. The summed E-state index contributed by atoms with van der Waals surface area (Å²) < 4.78 is 1.08. The SMILES string of the molecule is CC1C(=O)NCCN1c1ccc(CNC(C)(C)C)c(Br)c1. The van der Waals surface area contributed by atoms with Crippen LogP contribution in [-0.2, 0) is 11.3 Å². The summed E-state index contributed by atoms with van der Waals surface area (Å²) in [6.45, 7) is 10.8. The van der Waals surface area contributed by atoms with Crippen molar-refractivity contribution in [2.24, 2.45) is 0 Å². The largest absolute Gasteiger partial charge is 0.358 e. The van der Waals surface area contributed by atoms with E-state index in [2.05, 4.69) is 70.4 Å². The number of nitrogens with zero attached hydrogens (tertiary/aromatic N) is 1. The highest BCUT2D eigenvalue weighted by Crippen LogP contribution is 2.26. The maximum Gasteiger partial charge on any atom is 0.242 e. The second-order valence-corrected chi connectivity index (χ2v) is 7.39. The molecular formula is C16H24BrN3O. The van der Waals surface area contributed by atoms with E-state index in [-0.39, 0.29) is 17.5 Å². The van der Waals surface area contributed by atoms with Gasteiger partial charge in [0.05, 0.1) is 0 Å². The summed E-state index contributed by atoms with van der Waals surface area (Å²) >= 11 is 3.65. The van der Waals surface area contributed by atoms with Crippen LogP contribution in [0.15, 0.2) is 22.7 Å². The van der Waals surface area contributed by atoms with Crippen LogP contribution in [0, 0.1) is 0 Å². The topological polar surface area (TPSA) is 44.4 Å². The van der Waals surface area contributed by atoms with Crippen molar-refractivity contribution in [1.82, 2.24) is 10.6 Å². The number of hydrogen-bond acceptors (Lipinski definition) is 3. The second-order valence-electron chi connectivity index (χ2n) is 6.54. The third-order valence-electron chi connectivity index (χ3n) is 3.68. The van der Waals surface area contributed by atoms with E-state index in [9.17, 15) is 4.79 Å². The molecule has 0 aromatic heterocycles. The third kappa shape index (κ3) is 4.20. The van der Waals surface area contributed by atoms with Gasteiger partial charge in [-0.05, 0) is 45.4 Å². The zero-order valence-electron chi connectivity index (χ0n) is 13.2. The maximum absolute atomic E-state index is 11.8. The van der Waals surface area contributed by atoms with E-state index in [1.807, 2.05) is 6.92 Å². The fourth-order valence-corrected chi connectivity index (χ4v) is 2.86. The van der Waals surface area contributed by atoms with Crippen molar-refractivity contribution in [2.45, 2.75) is 45.8 Å². The van der Waals surface area contributed by atoms with Crippen molar-refractivity contribution in [3.05, 3.63) is 28.2 Å². The summed E-state index contributed by atoms with van der Waals surface area (Å²) in [5, 5.41) is 6.38. The Hall–Kier alpha value is -1.07. The molecule has 1 amide bonds. The molecule has 1 aromatic rings. The monoisotopic (exact) mass is 353 g/mol. The molecule has 1 fully saturated rings. The number of amides is 1. The predicted octanol–water partition coefficient (Wildman–Crippen LogP) is 2.66. The third-order valence-corrected chi connectivity index (χ3v) is 4.41. The Morgan fingerprint density at radius 2 is 2.14 bits per heavy atom. The molecule has 1 aliphatic heterocycles. The van der Waals surface area contributed by atoms with E-state index in [1.54, 1.807) is 0 Å². The molecule has 2 N–H and O–H groups in total. The Bertz CT molecular complexity index is 525. The molecule has 0 radical (unpaired) electrons. The number of nitrogens with one attached hydrogen (secondary N) is 2. The highest BCUT2D eigenvalue weighted by Gasteiger charge is 2.25. The standard InChI is InChI=1S/C16H24BrN3O/c1-11-15(21)18-7-8-20(11)13-6-5-12(14(17)9-13)10-19-16(2,3)4/h5-6,9,11,19H,7-8,10H2,1-4H3,(H,18,21). The van der Waals surface area contributed by atoms with Crippen LogP contribution in [0.25, 0.3) is 0 Å². The maximum atomic E-state index is 11.8. The van der Waals surface area contributed by atoms with Crippen molar-refractivity contribution in [1.29, 1.82) is 0 Å². The van der Waals surface area contributed by atoms with Gasteiger partial charge in [0, 0.05) is 35.3 Å². The van der Waals surface area contributed by atoms with Crippen LogP contribution in [0.5, 0.6) is 0 Å². The van der Waals surface area contributed by atoms with Gasteiger partial charge in [-0.15, -0.1) is 0 Å².